The van der Waals surface area contributed by atoms with Crippen LogP contribution in [0.5, 0.6) is 5.75 Å². The molecule has 1 aliphatic rings. The van der Waals surface area contributed by atoms with E-state index in [0.717, 1.165) is 31.1 Å². The molecule has 28 heavy (non-hydrogen) atoms. The van der Waals surface area contributed by atoms with Gasteiger partial charge in [-0.15, -0.1) is 0 Å². The number of aromatic amines is 1. The first-order chi connectivity index (χ1) is 13.6. The minimum atomic E-state index is -3.57. The summed E-state index contributed by atoms with van der Waals surface area (Å²) in [7, 11) is -1.99. The van der Waals surface area contributed by atoms with E-state index in [1.165, 1.54) is 4.31 Å². The van der Waals surface area contributed by atoms with Gasteiger partial charge in [-0.2, -0.15) is 4.31 Å². The number of hydrogen-bond acceptors (Lipinski definition) is 4. The van der Waals surface area contributed by atoms with E-state index in [2.05, 4.69) is 4.98 Å². The van der Waals surface area contributed by atoms with Crippen LogP contribution in [0.1, 0.15) is 29.6 Å². The van der Waals surface area contributed by atoms with Gasteiger partial charge in [-0.05, 0) is 43.2 Å². The molecule has 1 saturated heterocycles. The Kier molecular flexibility index (Phi) is 4.95. The molecule has 2 heterocycles. The summed E-state index contributed by atoms with van der Waals surface area (Å²) in [6.45, 7) is 1.08. The lowest BCUT2D eigenvalue weighted by atomic mass is 10.1. The Balaban J connectivity index is 1.85. The first-order valence-electron chi connectivity index (χ1n) is 9.30. The van der Waals surface area contributed by atoms with Gasteiger partial charge in [0.25, 0.3) is 0 Å². The van der Waals surface area contributed by atoms with Crippen LogP contribution in [0, 0.1) is 0 Å². The standard InChI is InChI=1S/C21H22N2O4S/c1-27-20-8-4-3-7-16(20)21-18(14-24)17-13-15(9-10-19(17)22-21)28(25,26)23-11-5-2-6-12-23/h3-4,7-10,13-14,22H,2,5-6,11-12H2,1H3. The Hall–Kier alpha value is -2.64. The Morgan fingerprint density at radius 3 is 2.54 bits per heavy atom. The monoisotopic (exact) mass is 398 g/mol. The third kappa shape index (κ3) is 3.10. The highest BCUT2D eigenvalue weighted by molar-refractivity contribution is 7.89. The van der Waals surface area contributed by atoms with E-state index < -0.39 is 10.0 Å². The fraction of sp³-hybridized carbons (Fsp3) is 0.286. The normalized spacial score (nSPS) is 15.6. The number of benzene rings is 2. The molecular formula is C21H22N2O4S. The Labute approximate surface area is 164 Å². The summed E-state index contributed by atoms with van der Waals surface area (Å²) in [5.74, 6) is 0.637. The fourth-order valence-corrected chi connectivity index (χ4v) is 5.34. The molecule has 0 saturated carbocycles. The Morgan fingerprint density at radius 1 is 1.07 bits per heavy atom. The van der Waals surface area contributed by atoms with E-state index in [0.29, 0.717) is 41.0 Å². The number of rotatable bonds is 5. The number of nitrogens with zero attached hydrogens (tertiary/aromatic N) is 1. The molecule has 0 amide bonds. The Bertz CT molecular complexity index is 1130. The van der Waals surface area contributed by atoms with Gasteiger partial charge in [0.05, 0.1) is 17.7 Å². The van der Waals surface area contributed by atoms with Crippen molar-refractivity contribution in [2.45, 2.75) is 24.2 Å². The van der Waals surface area contributed by atoms with Crippen LogP contribution < -0.4 is 4.74 Å². The van der Waals surface area contributed by atoms with Crippen LogP contribution in [0.4, 0.5) is 0 Å². The number of piperidine rings is 1. The summed E-state index contributed by atoms with van der Waals surface area (Å²) in [5.41, 5.74) is 2.51. The molecule has 1 aliphatic heterocycles. The minimum Gasteiger partial charge on any atom is -0.496 e. The summed E-state index contributed by atoms with van der Waals surface area (Å²) in [5, 5.41) is 0.592. The summed E-state index contributed by atoms with van der Waals surface area (Å²) >= 11 is 0. The third-order valence-electron chi connectivity index (χ3n) is 5.26. The zero-order valence-electron chi connectivity index (χ0n) is 15.6. The predicted molar refractivity (Wildman–Crippen MR) is 108 cm³/mol. The molecule has 0 bridgehead atoms. The molecule has 6 nitrogen and oxygen atoms in total. The number of aldehydes is 1. The largest absolute Gasteiger partial charge is 0.496 e. The molecule has 4 rings (SSSR count). The van der Waals surface area contributed by atoms with Gasteiger partial charge < -0.3 is 9.72 Å². The molecule has 3 aromatic rings. The van der Waals surface area contributed by atoms with E-state index in [-0.39, 0.29) is 4.90 Å². The van der Waals surface area contributed by atoms with Gasteiger partial charge in [-0.25, -0.2) is 8.42 Å². The second-order valence-corrected chi connectivity index (χ2v) is 8.84. The van der Waals surface area contributed by atoms with Crippen LogP contribution in [0.25, 0.3) is 22.2 Å². The number of nitrogens with one attached hydrogen (secondary N) is 1. The number of para-hydroxylation sites is 1. The quantitative estimate of drug-likeness (QED) is 0.663. The van der Waals surface area contributed by atoms with Crippen LogP contribution in [-0.4, -0.2) is 44.2 Å². The van der Waals surface area contributed by atoms with Crippen LogP contribution >= 0.6 is 0 Å². The van der Waals surface area contributed by atoms with Crippen LogP contribution in [0.2, 0.25) is 0 Å². The topological polar surface area (TPSA) is 79.5 Å². The molecule has 1 aromatic heterocycles. The molecule has 0 atom stereocenters. The highest BCUT2D eigenvalue weighted by Gasteiger charge is 2.27. The molecule has 1 N–H and O–H groups in total. The average molecular weight is 398 g/mol. The zero-order valence-corrected chi connectivity index (χ0v) is 16.5. The van der Waals surface area contributed by atoms with Gasteiger partial charge in [0.15, 0.2) is 6.29 Å². The highest BCUT2D eigenvalue weighted by atomic mass is 32.2. The van der Waals surface area contributed by atoms with Crippen molar-refractivity contribution in [3.05, 3.63) is 48.0 Å². The summed E-state index contributed by atoms with van der Waals surface area (Å²) < 4.78 is 33.0. The lowest BCUT2D eigenvalue weighted by molar-refractivity contribution is 0.112. The average Bonchev–Trinajstić information content (AvgIpc) is 3.12. The van der Waals surface area contributed by atoms with Gasteiger partial charge in [-0.3, -0.25) is 4.79 Å². The number of carbonyl (C=O) groups is 1. The summed E-state index contributed by atoms with van der Waals surface area (Å²) in [6, 6.07) is 12.3. The van der Waals surface area contributed by atoms with E-state index in [1.807, 2.05) is 24.3 Å². The molecule has 0 radical (unpaired) electrons. The highest BCUT2D eigenvalue weighted by Crippen LogP contribution is 2.36. The molecule has 1 fully saturated rings. The van der Waals surface area contributed by atoms with Crippen molar-refractivity contribution < 1.29 is 17.9 Å². The second kappa shape index (κ2) is 7.41. The molecular weight excluding hydrogens is 376 g/mol. The molecule has 146 valence electrons. The maximum absolute atomic E-state index is 13.0. The number of methoxy groups -OCH3 is 1. The zero-order chi connectivity index (χ0) is 19.7. The molecule has 7 heteroatoms. The third-order valence-corrected chi connectivity index (χ3v) is 7.15. The van der Waals surface area contributed by atoms with Gasteiger partial charge in [0.1, 0.15) is 5.75 Å². The van der Waals surface area contributed by atoms with E-state index >= 15 is 0 Å². The number of H-pyrrole nitrogens is 1. The lowest BCUT2D eigenvalue weighted by Crippen LogP contribution is -2.35. The number of ether oxygens (including phenoxy) is 1. The van der Waals surface area contributed by atoms with E-state index in [4.69, 9.17) is 4.74 Å². The fourth-order valence-electron chi connectivity index (χ4n) is 3.79. The number of hydrogen-bond donors (Lipinski definition) is 1. The number of fused-ring (bicyclic) bond motifs is 1. The van der Waals surface area contributed by atoms with E-state index in [9.17, 15) is 13.2 Å². The second-order valence-electron chi connectivity index (χ2n) is 6.90. The van der Waals surface area contributed by atoms with Gasteiger partial charge in [0, 0.05) is 35.1 Å². The predicted octanol–water partition coefficient (Wildman–Crippen LogP) is 3.83. The van der Waals surface area contributed by atoms with Crippen molar-refractivity contribution in [2.75, 3.05) is 20.2 Å². The van der Waals surface area contributed by atoms with Crippen molar-refractivity contribution in [1.82, 2.24) is 9.29 Å². The number of carbonyl (C=O) groups excluding carboxylic acids is 1. The van der Waals surface area contributed by atoms with Gasteiger partial charge in [-0.1, -0.05) is 18.6 Å². The first-order valence-corrected chi connectivity index (χ1v) is 10.7. The van der Waals surface area contributed by atoms with Crippen molar-refractivity contribution in [1.29, 1.82) is 0 Å². The lowest BCUT2D eigenvalue weighted by Gasteiger charge is -2.25. The van der Waals surface area contributed by atoms with E-state index in [1.54, 1.807) is 25.3 Å². The summed E-state index contributed by atoms with van der Waals surface area (Å²) in [4.78, 5) is 15.4. The Morgan fingerprint density at radius 2 is 1.82 bits per heavy atom. The molecule has 0 spiro atoms. The SMILES string of the molecule is COc1ccccc1-c1[nH]c2ccc(S(=O)(=O)N3CCCCC3)cc2c1C=O. The van der Waals surface area contributed by atoms with Crippen LogP contribution in [0.3, 0.4) is 0 Å². The van der Waals surface area contributed by atoms with Crippen LogP contribution in [0.15, 0.2) is 47.4 Å². The smallest absolute Gasteiger partial charge is 0.243 e. The number of aromatic nitrogens is 1. The molecule has 0 aliphatic carbocycles. The maximum Gasteiger partial charge on any atom is 0.243 e. The van der Waals surface area contributed by atoms with Crippen molar-refractivity contribution in [3.8, 4) is 17.0 Å². The maximum atomic E-state index is 13.0. The molecule has 0 unspecified atom stereocenters. The van der Waals surface area contributed by atoms with Crippen LogP contribution in [-0.2, 0) is 10.0 Å². The minimum absolute atomic E-state index is 0.218. The van der Waals surface area contributed by atoms with Gasteiger partial charge in [0.2, 0.25) is 10.0 Å². The van der Waals surface area contributed by atoms with Crippen molar-refractivity contribution in [2.24, 2.45) is 0 Å². The first kappa shape index (κ1) is 18.7. The van der Waals surface area contributed by atoms with Crippen molar-refractivity contribution in [3.63, 3.8) is 0 Å². The summed E-state index contributed by atoms with van der Waals surface area (Å²) in [6.07, 6.45) is 3.57. The number of sulfonamides is 1. The molecule has 2 aromatic carbocycles. The van der Waals surface area contributed by atoms with Crippen molar-refractivity contribution >= 4 is 27.2 Å². The van der Waals surface area contributed by atoms with Gasteiger partial charge >= 0.3 is 0 Å².